The molecule has 0 N–H and O–H groups in total. The largest absolute Gasteiger partial charge is 0.469 e. The number of furan rings is 1. The number of nitrogens with zero attached hydrogens (tertiary/aromatic N) is 4. The van der Waals surface area contributed by atoms with Gasteiger partial charge in [0, 0.05) is 39.0 Å². The summed E-state index contributed by atoms with van der Waals surface area (Å²) in [5.41, 5.74) is 2.36. The van der Waals surface area contributed by atoms with Crippen LogP contribution in [-0.4, -0.2) is 52.1 Å². The number of carbonyl (C=O) groups is 1. The second-order valence-corrected chi connectivity index (χ2v) is 5.76. The van der Waals surface area contributed by atoms with Crippen molar-refractivity contribution in [2.45, 2.75) is 25.9 Å². The molecule has 0 aliphatic carbocycles. The number of aryl methyl sites for hydroxylation is 3. The minimum absolute atomic E-state index is 0.0165. The molecule has 1 aliphatic heterocycles. The summed E-state index contributed by atoms with van der Waals surface area (Å²) in [6.45, 7) is 4.80. The van der Waals surface area contributed by atoms with E-state index >= 15 is 0 Å². The molecule has 1 saturated heterocycles. The van der Waals surface area contributed by atoms with E-state index in [1.54, 1.807) is 23.0 Å². The van der Waals surface area contributed by atoms with Crippen LogP contribution >= 0.6 is 0 Å². The third-order valence-electron chi connectivity index (χ3n) is 4.23. The number of likely N-dealkylation sites (tertiary alicyclic amines) is 1. The SMILES string of the molecule is CO[C@@H]1CN(C(=O)c2c(C)coc2C)C[C@H]1c1cn(C)nn1. The zero-order valence-electron chi connectivity index (χ0n) is 13.2. The first-order valence-electron chi connectivity index (χ1n) is 7.24. The van der Waals surface area contributed by atoms with Gasteiger partial charge in [0.2, 0.25) is 0 Å². The molecule has 0 spiro atoms. The minimum Gasteiger partial charge on any atom is -0.469 e. The fourth-order valence-corrected chi connectivity index (χ4v) is 3.05. The van der Waals surface area contributed by atoms with E-state index in [-0.39, 0.29) is 17.9 Å². The molecule has 0 radical (unpaired) electrons. The molecule has 3 heterocycles. The van der Waals surface area contributed by atoms with Gasteiger partial charge >= 0.3 is 0 Å². The quantitative estimate of drug-likeness (QED) is 0.854. The van der Waals surface area contributed by atoms with Crippen LogP contribution in [0.3, 0.4) is 0 Å². The Morgan fingerprint density at radius 1 is 1.41 bits per heavy atom. The van der Waals surface area contributed by atoms with Gasteiger partial charge < -0.3 is 14.1 Å². The molecule has 0 bridgehead atoms. The first-order valence-corrected chi connectivity index (χ1v) is 7.24. The Bertz CT molecular complexity index is 671. The number of hydrogen-bond donors (Lipinski definition) is 0. The van der Waals surface area contributed by atoms with Crippen LogP contribution in [0.5, 0.6) is 0 Å². The normalized spacial score (nSPS) is 21.5. The number of ether oxygens (including phenoxy) is 1. The summed E-state index contributed by atoms with van der Waals surface area (Å²) in [7, 11) is 3.49. The van der Waals surface area contributed by atoms with Crippen LogP contribution in [-0.2, 0) is 11.8 Å². The summed E-state index contributed by atoms with van der Waals surface area (Å²) < 4.78 is 12.6. The molecule has 2 atom stereocenters. The molecule has 7 nitrogen and oxygen atoms in total. The maximum atomic E-state index is 12.8. The lowest BCUT2D eigenvalue weighted by Gasteiger charge is -2.16. The van der Waals surface area contributed by atoms with Gasteiger partial charge in [-0.25, -0.2) is 0 Å². The number of carbonyl (C=O) groups excluding carboxylic acids is 1. The molecule has 0 saturated carbocycles. The Morgan fingerprint density at radius 2 is 2.18 bits per heavy atom. The van der Waals surface area contributed by atoms with E-state index in [9.17, 15) is 4.79 Å². The number of hydrogen-bond acceptors (Lipinski definition) is 5. The van der Waals surface area contributed by atoms with E-state index in [2.05, 4.69) is 10.3 Å². The molecule has 2 aromatic rings. The molecule has 22 heavy (non-hydrogen) atoms. The Balaban J connectivity index is 1.84. The Kier molecular flexibility index (Phi) is 3.74. The van der Waals surface area contributed by atoms with Crippen LogP contribution in [0, 0.1) is 13.8 Å². The highest BCUT2D eigenvalue weighted by Gasteiger charge is 2.39. The molecular formula is C15H20N4O3. The van der Waals surface area contributed by atoms with Gasteiger partial charge in [-0.2, -0.15) is 0 Å². The van der Waals surface area contributed by atoms with E-state index in [1.165, 1.54) is 0 Å². The van der Waals surface area contributed by atoms with Gasteiger partial charge in [0.15, 0.2) is 0 Å². The summed E-state index contributed by atoms with van der Waals surface area (Å²) in [6.07, 6.45) is 3.42. The van der Waals surface area contributed by atoms with Crippen molar-refractivity contribution >= 4 is 5.91 Å². The van der Waals surface area contributed by atoms with Gasteiger partial charge in [-0.05, 0) is 13.8 Å². The Hall–Kier alpha value is -2.15. The minimum atomic E-state index is -0.0758. The summed E-state index contributed by atoms with van der Waals surface area (Å²) >= 11 is 0. The topological polar surface area (TPSA) is 73.4 Å². The van der Waals surface area contributed by atoms with Gasteiger partial charge in [-0.3, -0.25) is 9.48 Å². The van der Waals surface area contributed by atoms with Crippen molar-refractivity contribution in [2.75, 3.05) is 20.2 Å². The van der Waals surface area contributed by atoms with Crippen molar-refractivity contribution in [3.8, 4) is 0 Å². The van der Waals surface area contributed by atoms with Crippen molar-refractivity contribution in [3.63, 3.8) is 0 Å². The van der Waals surface area contributed by atoms with E-state index in [1.807, 2.05) is 27.1 Å². The molecule has 0 unspecified atom stereocenters. The van der Waals surface area contributed by atoms with Crippen LogP contribution in [0.1, 0.15) is 33.3 Å². The van der Waals surface area contributed by atoms with Crippen LogP contribution < -0.4 is 0 Å². The summed E-state index contributed by atoms with van der Waals surface area (Å²) in [5.74, 6) is 0.673. The number of amides is 1. The zero-order valence-corrected chi connectivity index (χ0v) is 13.2. The van der Waals surface area contributed by atoms with Crippen molar-refractivity contribution in [2.24, 2.45) is 7.05 Å². The van der Waals surface area contributed by atoms with Crippen LogP contribution in [0.2, 0.25) is 0 Å². The Labute approximate surface area is 128 Å². The van der Waals surface area contributed by atoms with Gasteiger partial charge in [0.25, 0.3) is 5.91 Å². The fraction of sp³-hybridized carbons (Fsp3) is 0.533. The molecule has 1 amide bonds. The zero-order chi connectivity index (χ0) is 15.9. The molecule has 2 aromatic heterocycles. The van der Waals surface area contributed by atoms with Gasteiger partial charge in [-0.1, -0.05) is 5.21 Å². The third-order valence-corrected chi connectivity index (χ3v) is 4.23. The molecule has 0 aromatic carbocycles. The average molecular weight is 304 g/mol. The number of aromatic nitrogens is 3. The summed E-state index contributed by atoms with van der Waals surface area (Å²) in [4.78, 5) is 14.6. The summed E-state index contributed by atoms with van der Waals surface area (Å²) in [6, 6.07) is 0. The first kappa shape index (κ1) is 14.8. The first-order chi connectivity index (χ1) is 10.5. The molecule has 118 valence electrons. The number of methoxy groups -OCH3 is 1. The Morgan fingerprint density at radius 3 is 2.73 bits per heavy atom. The van der Waals surface area contributed by atoms with Crippen LogP contribution in [0.4, 0.5) is 0 Å². The fourth-order valence-electron chi connectivity index (χ4n) is 3.05. The van der Waals surface area contributed by atoms with E-state index < -0.39 is 0 Å². The van der Waals surface area contributed by atoms with Crippen molar-refractivity contribution in [1.82, 2.24) is 19.9 Å². The second kappa shape index (κ2) is 5.57. The van der Waals surface area contributed by atoms with Crippen molar-refractivity contribution in [1.29, 1.82) is 0 Å². The summed E-state index contributed by atoms with van der Waals surface area (Å²) in [5, 5.41) is 8.13. The van der Waals surface area contributed by atoms with Gasteiger partial charge in [-0.15, -0.1) is 5.10 Å². The second-order valence-electron chi connectivity index (χ2n) is 5.76. The lowest BCUT2D eigenvalue weighted by molar-refractivity contribution is 0.0712. The average Bonchev–Trinajstić information content (AvgIpc) is 3.17. The molecule has 1 aliphatic rings. The lowest BCUT2D eigenvalue weighted by atomic mass is 10.0. The molecule has 7 heteroatoms. The number of rotatable bonds is 3. The van der Waals surface area contributed by atoms with E-state index in [4.69, 9.17) is 9.15 Å². The van der Waals surface area contributed by atoms with Crippen molar-refractivity contribution < 1.29 is 13.9 Å². The molecule has 3 rings (SSSR count). The third kappa shape index (κ3) is 2.41. The highest BCUT2D eigenvalue weighted by molar-refractivity contribution is 5.96. The lowest BCUT2D eigenvalue weighted by Crippen LogP contribution is -2.30. The van der Waals surface area contributed by atoms with Crippen LogP contribution in [0.15, 0.2) is 16.9 Å². The van der Waals surface area contributed by atoms with Crippen molar-refractivity contribution in [3.05, 3.63) is 35.0 Å². The molecular weight excluding hydrogens is 284 g/mol. The van der Waals surface area contributed by atoms with E-state index in [0.717, 1.165) is 11.3 Å². The van der Waals surface area contributed by atoms with Gasteiger partial charge in [0.1, 0.15) is 5.76 Å². The maximum Gasteiger partial charge on any atom is 0.257 e. The van der Waals surface area contributed by atoms with Crippen LogP contribution in [0.25, 0.3) is 0 Å². The highest BCUT2D eigenvalue weighted by atomic mass is 16.5. The predicted molar refractivity (Wildman–Crippen MR) is 78.6 cm³/mol. The highest BCUT2D eigenvalue weighted by Crippen LogP contribution is 2.30. The monoisotopic (exact) mass is 304 g/mol. The van der Waals surface area contributed by atoms with E-state index in [0.29, 0.717) is 24.4 Å². The predicted octanol–water partition coefficient (Wildman–Crippen LogP) is 1.28. The van der Waals surface area contributed by atoms with Gasteiger partial charge in [0.05, 0.1) is 29.5 Å². The smallest absolute Gasteiger partial charge is 0.257 e. The molecule has 1 fully saturated rings. The standard InChI is InChI=1S/C15H20N4O3/c1-9-8-22-10(2)14(9)15(20)19-5-11(13(7-19)21-4)12-6-18(3)17-16-12/h6,8,11,13H,5,7H2,1-4H3/t11-,13+/m0/s1. The maximum absolute atomic E-state index is 12.8.